The van der Waals surface area contributed by atoms with Gasteiger partial charge in [-0.05, 0) is 25.7 Å². The summed E-state index contributed by atoms with van der Waals surface area (Å²) in [7, 11) is 0. The fraction of sp³-hybridized carbons (Fsp3) is 0.667. The molecule has 1 atom stereocenters. The molecule has 1 amide bonds. The van der Waals surface area contributed by atoms with Gasteiger partial charge in [-0.3, -0.25) is 0 Å². The molecule has 5 N–H and O–H groups in total. The molecule has 1 aliphatic carbocycles. The smallest absolute Gasteiger partial charge is 0.405 e. The minimum atomic E-state index is -0.721. The molecule has 1 aliphatic heterocycles. The van der Waals surface area contributed by atoms with Crippen LogP contribution in [0.4, 0.5) is 4.79 Å². The predicted octanol–water partition coefficient (Wildman–Crippen LogP) is 0.238. The summed E-state index contributed by atoms with van der Waals surface area (Å²) in [6, 6.07) is 0. The zero-order valence-electron chi connectivity index (χ0n) is 8.51. The highest BCUT2D eigenvalue weighted by Gasteiger charge is 2.26. The molecular weight excluding hydrogens is 196 g/mol. The third-order valence-corrected chi connectivity index (χ3v) is 2.71. The Morgan fingerprint density at radius 2 is 2.20 bits per heavy atom. The molecule has 84 valence electrons. The van der Waals surface area contributed by atoms with Gasteiger partial charge in [0.15, 0.2) is 0 Å². The topological polar surface area (TPSA) is 88.4 Å². The summed E-state index contributed by atoms with van der Waals surface area (Å²) in [5, 5.41) is 0. The van der Waals surface area contributed by atoms with Gasteiger partial charge in [-0.25, -0.2) is 4.79 Å². The van der Waals surface area contributed by atoms with Crippen LogP contribution in [0.2, 0.25) is 0 Å². The van der Waals surface area contributed by atoms with Crippen LogP contribution in [-0.2, 0) is 4.74 Å². The zero-order valence-corrected chi connectivity index (χ0v) is 8.51. The normalized spacial score (nSPS) is 25.7. The van der Waals surface area contributed by atoms with Gasteiger partial charge >= 0.3 is 6.09 Å². The van der Waals surface area contributed by atoms with Crippen molar-refractivity contribution in [1.82, 2.24) is 16.4 Å². The van der Waals surface area contributed by atoms with Crippen LogP contribution in [0.25, 0.3) is 0 Å². The van der Waals surface area contributed by atoms with Gasteiger partial charge in [0.25, 0.3) is 0 Å². The molecule has 0 saturated heterocycles. The first kappa shape index (κ1) is 10.1. The molecule has 0 aromatic rings. The van der Waals surface area contributed by atoms with Gasteiger partial charge in [-0.2, -0.15) is 5.53 Å². The monoisotopic (exact) mass is 212 g/mol. The molecule has 0 aromatic heterocycles. The highest BCUT2D eigenvalue weighted by Crippen LogP contribution is 2.23. The van der Waals surface area contributed by atoms with E-state index >= 15 is 0 Å². The molecule has 0 bridgehead atoms. The molecule has 0 fully saturated rings. The van der Waals surface area contributed by atoms with E-state index in [4.69, 9.17) is 10.5 Å². The van der Waals surface area contributed by atoms with Gasteiger partial charge in [-0.15, -0.1) is 0 Å². The number of carbonyl (C=O) groups excluding carboxylic acids is 1. The summed E-state index contributed by atoms with van der Waals surface area (Å²) in [4.78, 5) is 10.8. The van der Waals surface area contributed by atoms with Crippen LogP contribution in [-0.4, -0.2) is 12.2 Å². The highest BCUT2D eigenvalue weighted by molar-refractivity contribution is 5.65. The summed E-state index contributed by atoms with van der Waals surface area (Å²) in [6.07, 6.45) is 4.17. The largest absolute Gasteiger partial charge is 0.440 e. The van der Waals surface area contributed by atoms with Crippen molar-refractivity contribution in [3.63, 3.8) is 0 Å². The van der Waals surface area contributed by atoms with E-state index in [0.717, 1.165) is 43.5 Å². The quantitative estimate of drug-likeness (QED) is 0.500. The van der Waals surface area contributed by atoms with Gasteiger partial charge in [0.2, 0.25) is 0 Å². The molecular formula is C9H16N4O2. The minimum Gasteiger partial charge on any atom is -0.440 e. The lowest BCUT2D eigenvalue weighted by atomic mass is 10.00. The Kier molecular flexibility index (Phi) is 2.96. The molecule has 0 saturated carbocycles. The van der Waals surface area contributed by atoms with Gasteiger partial charge in [0, 0.05) is 0 Å². The van der Waals surface area contributed by atoms with Crippen LogP contribution in [0.15, 0.2) is 11.4 Å². The van der Waals surface area contributed by atoms with Crippen LogP contribution in [0, 0.1) is 0 Å². The van der Waals surface area contributed by atoms with Crippen molar-refractivity contribution >= 4 is 6.09 Å². The Balaban J connectivity index is 2.13. The fourth-order valence-corrected chi connectivity index (χ4v) is 2.00. The zero-order chi connectivity index (χ0) is 10.7. The van der Waals surface area contributed by atoms with Crippen molar-refractivity contribution in [3.05, 3.63) is 11.4 Å². The Hall–Kier alpha value is -1.43. The number of hydrogen-bond donors (Lipinski definition) is 4. The standard InChI is InChI=1S/C9H16N4O2/c10-9(14)15-7-5-3-1-2-4-6-8(7)12-13-11-6/h7,11-13H,1-5H2,(H2,10,14)/t7-/m0/s1. The predicted molar refractivity (Wildman–Crippen MR) is 54.0 cm³/mol. The second-order valence-corrected chi connectivity index (χ2v) is 3.79. The number of rotatable bonds is 1. The van der Waals surface area contributed by atoms with Crippen molar-refractivity contribution in [3.8, 4) is 0 Å². The number of hydrogen-bond acceptors (Lipinski definition) is 5. The van der Waals surface area contributed by atoms with Crippen LogP contribution >= 0.6 is 0 Å². The van der Waals surface area contributed by atoms with E-state index < -0.39 is 6.09 Å². The van der Waals surface area contributed by atoms with Gasteiger partial charge in [-0.1, -0.05) is 6.42 Å². The molecule has 6 nitrogen and oxygen atoms in total. The molecule has 2 aliphatic rings. The molecule has 6 heteroatoms. The van der Waals surface area contributed by atoms with Crippen molar-refractivity contribution in [1.29, 1.82) is 0 Å². The summed E-state index contributed by atoms with van der Waals surface area (Å²) in [6.45, 7) is 0. The number of allylic oxidation sites excluding steroid dienone is 1. The summed E-state index contributed by atoms with van der Waals surface area (Å²) in [5.41, 5.74) is 15.8. The minimum absolute atomic E-state index is 0.250. The average molecular weight is 212 g/mol. The maximum Gasteiger partial charge on any atom is 0.405 e. The van der Waals surface area contributed by atoms with E-state index in [1.54, 1.807) is 0 Å². The molecule has 0 unspecified atom stereocenters. The Morgan fingerprint density at radius 1 is 1.33 bits per heavy atom. The third kappa shape index (κ3) is 2.33. The lowest BCUT2D eigenvalue weighted by Crippen LogP contribution is -2.36. The van der Waals surface area contributed by atoms with E-state index in [9.17, 15) is 4.79 Å². The van der Waals surface area contributed by atoms with Gasteiger partial charge < -0.3 is 21.3 Å². The van der Waals surface area contributed by atoms with Crippen LogP contribution in [0.1, 0.15) is 32.1 Å². The van der Waals surface area contributed by atoms with Crippen molar-refractivity contribution in [2.24, 2.45) is 5.73 Å². The lowest BCUT2D eigenvalue weighted by Gasteiger charge is -2.20. The average Bonchev–Trinajstić information content (AvgIpc) is 2.59. The second-order valence-electron chi connectivity index (χ2n) is 3.79. The maximum absolute atomic E-state index is 10.8. The number of ether oxygens (including phenoxy) is 1. The maximum atomic E-state index is 10.8. The lowest BCUT2D eigenvalue weighted by molar-refractivity contribution is 0.113. The third-order valence-electron chi connectivity index (χ3n) is 2.71. The Labute approximate surface area is 88.2 Å². The molecule has 15 heavy (non-hydrogen) atoms. The van der Waals surface area contributed by atoms with E-state index in [1.165, 1.54) is 0 Å². The Bertz CT molecular complexity index is 290. The first-order valence-electron chi connectivity index (χ1n) is 5.23. The van der Waals surface area contributed by atoms with Crippen LogP contribution in [0.3, 0.4) is 0 Å². The highest BCUT2D eigenvalue weighted by atomic mass is 16.6. The van der Waals surface area contributed by atoms with Crippen molar-refractivity contribution in [2.75, 3.05) is 0 Å². The fourth-order valence-electron chi connectivity index (χ4n) is 2.00. The van der Waals surface area contributed by atoms with E-state index in [-0.39, 0.29) is 6.10 Å². The molecule has 0 spiro atoms. The molecule has 0 aromatic carbocycles. The summed E-state index contributed by atoms with van der Waals surface area (Å²) < 4.78 is 5.08. The van der Waals surface area contributed by atoms with Crippen molar-refractivity contribution < 1.29 is 9.53 Å². The second kappa shape index (κ2) is 4.39. The van der Waals surface area contributed by atoms with E-state index in [2.05, 4.69) is 16.4 Å². The van der Waals surface area contributed by atoms with Gasteiger partial charge in [0.05, 0.1) is 11.4 Å². The SMILES string of the molecule is NC(=O)O[C@H]1CCCCCC2=C1NNN2. The molecule has 2 rings (SSSR count). The van der Waals surface area contributed by atoms with Gasteiger partial charge in [0.1, 0.15) is 6.10 Å². The first-order chi connectivity index (χ1) is 7.27. The first-order valence-corrected chi connectivity index (χ1v) is 5.23. The van der Waals surface area contributed by atoms with Crippen molar-refractivity contribution in [2.45, 2.75) is 38.2 Å². The number of amides is 1. The number of nitrogens with one attached hydrogen (secondary N) is 3. The van der Waals surface area contributed by atoms with E-state index in [1.807, 2.05) is 0 Å². The number of nitrogens with two attached hydrogens (primary N) is 1. The van der Waals surface area contributed by atoms with E-state index in [0.29, 0.717) is 0 Å². The number of carbonyl (C=O) groups is 1. The molecule has 1 heterocycles. The number of hydrazine groups is 2. The number of primary amides is 1. The van der Waals surface area contributed by atoms with Crippen LogP contribution < -0.4 is 22.1 Å². The molecule has 0 radical (unpaired) electrons. The van der Waals surface area contributed by atoms with Crippen LogP contribution in [0.5, 0.6) is 0 Å². The summed E-state index contributed by atoms with van der Waals surface area (Å²) in [5.74, 6) is 0. The Morgan fingerprint density at radius 3 is 3.00 bits per heavy atom. The summed E-state index contributed by atoms with van der Waals surface area (Å²) >= 11 is 0.